The van der Waals surface area contributed by atoms with E-state index in [0.717, 1.165) is 26.5 Å². The number of nitrogens with one attached hydrogen (secondary N) is 1. The molecule has 2 aromatic heterocycles. The van der Waals surface area contributed by atoms with Crippen LogP contribution in [0.4, 0.5) is 9.18 Å². The van der Waals surface area contributed by atoms with Crippen molar-refractivity contribution in [2.45, 2.75) is 6.92 Å². The van der Waals surface area contributed by atoms with Gasteiger partial charge in [-0.3, -0.25) is 19.3 Å². The molecule has 0 radical (unpaired) electrons. The number of carbonyl (C=O) groups excluding carboxylic acids is 3. The SMILES string of the molecule is Cc1nc(-c2cccs2)sc1C(=O)NCCN1C(=O)S/C(=C\c2ccc(F)cc2)C1=O. The molecule has 0 atom stereocenters. The molecular formula is C21H16FN3O3S3. The first-order valence-electron chi connectivity index (χ1n) is 9.23. The van der Waals surface area contributed by atoms with E-state index in [4.69, 9.17) is 0 Å². The highest BCUT2D eigenvalue weighted by Crippen LogP contribution is 2.32. The second-order valence-electron chi connectivity index (χ2n) is 6.55. The lowest BCUT2D eigenvalue weighted by Gasteiger charge is -2.12. The van der Waals surface area contributed by atoms with Crippen LogP contribution in [-0.2, 0) is 4.79 Å². The van der Waals surface area contributed by atoms with Gasteiger partial charge < -0.3 is 5.32 Å². The Balaban J connectivity index is 1.36. The summed E-state index contributed by atoms with van der Waals surface area (Å²) in [7, 11) is 0. The number of aromatic nitrogens is 1. The minimum absolute atomic E-state index is 0.0623. The number of hydrogen-bond acceptors (Lipinski definition) is 7. The number of halogens is 1. The zero-order valence-electron chi connectivity index (χ0n) is 16.3. The molecule has 3 heterocycles. The molecule has 6 nitrogen and oxygen atoms in total. The Morgan fingerprint density at radius 1 is 1.23 bits per heavy atom. The van der Waals surface area contributed by atoms with Crippen LogP contribution in [-0.4, -0.2) is 40.0 Å². The maximum atomic E-state index is 13.0. The predicted molar refractivity (Wildman–Crippen MR) is 122 cm³/mol. The minimum Gasteiger partial charge on any atom is -0.349 e. The first-order valence-corrected chi connectivity index (χ1v) is 11.7. The highest BCUT2D eigenvalue weighted by molar-refractivity contribution is 8.18. The molecule has 3 aromatic rings. The van der Waals surface area contributed by atoms with E-state index in [2.05, 4.69) is 10.3 Å². The Labute approximate surface area is 189 Å². The normalized spacial score (nSPS) is 15.2. The van der Waals surface area contributed by atoms with Gasteiger partial charge in [0.05, 0.1) is 15.5 Å². The lowest BCUT2D eigenvalue weighted by Crippen LogP contribution is -2.37. The molecule has 1 aromatic carbocycles. The van der Waals surface area contributed by atoms with Gasteiger partial charge in [0.25, 0.3) is 17.1 Å². The summed E-state index contributed by atoms with van der Waals surface area (Å²) >= 11 is 3.69. The average Bonchev–Trinajstić information content (AvgIpc) is 3.46. The van der Waals surface area contributed by atoms with Gasteiger partial charge in [0.2, 0.25) is 0 Å². The number of thiophene rings is 1. The smallest absolute Gasteiger partial charge is 0.293 e. The number of benzene rings is 1. The lowest BCUT2D eigenvalue weighted by atomic mass is 10.2. The molecule has 158 valence electrons. The van der Waals surface area contributed by atoms with Crippen molar-refractivity contribution in [1.29, 1.82) is 0 Å². The molecule has 1 aliphatic rings. The fraction of sp³-hybridized carbons (Fsp3) is 0.143. The van der Waals surface area contributed by atoms with Gasteiger partial charge in [-0.25, -0.2) is 9.37 Å². The number of aryl methyl sites for hydroxylation is 1. The molecule has 1 N–H and O–H groups in total. The molecule has 0 saturated carbocycles. The Kier molecular flexibility index (Phi) is 6.30. The molecule has 31 heavy (non-hydrogen) atoms. The lowest BCUT2D eigenvalue weighted by molar-refractivity contribution is -0.122. The first-order chi connectivity index (χ1) is 14.9. The van der Waals surface area contributed by atoms with Crippen molar-refractivity contribution < 1.29 is 18.8 Å². The molecule has 1 saturated heterocycles. The van der Waals surface area contributed by atoms with Crippen LogP contribution in [0.3, 0.4) is 0 Å². The van der Waals surface area contributed by atoms with Gasteiger partial charge in [-0.05, 0) is 53.9 Å². The summed E-state index contributed by atoms with van der Waals surface area (Å²) in [6.07, 6.45) is 1.55. The predicted octanol–water partition coefficient (Wildman–Crippen LogP) is 4.79. The molecule has 4 rings (SSSR count). The standard InChI is InChI=1S/C21H16FN3O3S3/c1-12-17(31-19(24-12)15-3-2-10-29-15)18(26)23-8-9-25-20(27)16(30-21(25)28)11-13-4-6-14(22)7-5-13/h2-7,10-11H,8-9H2,1H3,(H,23,26)/b16-11-. The van der Waals surface area contributed by atoms with Gasteiger partial charge in [0.1, 0.15) is 15.7 Å². The monoisotopic (exact) mass is 473 g/mol. The van der Waals surface area contributed by atoms with Crippen molar-refractivity contribution in [2.24, 2.45) is 0 Å². The van der Waals surface area contributed by atoms with Crippen molar-refractivity contribution >= 4 is 57.6 Å². The molecule has 10 heteroatoms. The van der Waals surface area contributed by atoms with Crippen LogP contribution in [0.15, 0.2) is 46.7 Å². The van der Waals surface area contributed by atoms with Crippen molar-refractivity contribution in [2.75, 3.05) is 13.1 Å². The van der Waals surface area contributed by atoms with Crippen LogP contribution >= 0.6 is 34.4 Å². The van der Waals surface area contributed by atoms with Crippen molar-refractivity contribution in [3.05, 3.63) is 68.6 Å². The fourth-order valence-electron chi connectivity index (χ4n) is 2.88. The zero-order valence-corrected chi connectivity index (χ0v) is 18.7. The molecule has 1 fully saturated rings. The van der Waals surface area contributed by atoms with Crippen LogP contribution in [0.2, 0.25) is 0 Å². The van der Waals surface area contributed by atoms with Crippen LogP contribution < -0.4 is 5.32 Å². The molecular weight excluding hydrogens is 457 g/mol. The van der Waals surface area contributed by atoms with Gasteiger partial charge in [-0.15, -0.1) is 22.7 Å². The summed E-state index contributed by atoms with van der Waals surface area (Å²) in [5.74, 6) is -1.09. The second kappa shape index (κ2) is 9.13. The van der Waals surface area contributed by atoms with Crippen LogP contribution in [0.1, 0.15) is 20.9 Å². The Morgan fingerprint density at radius 2 is 2.00 bits per heavy atom. The van der Waals surface area contributed by atoms with Crippen LogP contribution in [0.5, 0.6) is 0 Å². The molecule has 3 amide bonds. The van der Waals surface area contributed by atoms with Gasteiger partial charge in [-0.1, -0.05) is 18.2 Å². The minimum atomic E-state index is -0.428. The van der Waals surface area contributed by atoms with Gasteiger partial charge >= 0.3 is 0 Å². The van der Waals surface area contributed by atoms with Crippen molar-refractivity contribution in [1.82, 2.24) is 15.2 Å². The number of amides is 3. The number of nitrogens with zero attached hydrogens (tertiary/aromatic N) is 2. The summed E-state index contributed by atoms with van der Waals surface area (Å²) in [5, 5.41) is 5.09. The summed E-state index contributed by atoms with van der Waals surface area (Å²) in [6.45, 7) is 1.97. The van der Waals surface area contributed by atoms with E-state index in [1.165, 1.54) is 35.6 Å². The molecule has 0 aliphatic carbocycles. The largest absolute Gasteiger partial charge is 0.349 e. The first kappa shape index (κ1) is 21.4. The summed E-state index contributed by atoms with van der Waals surface area (Å²) in [5.41, 5.74) is 1.27. The van der Waals surface area contributed by atoms with Gasteiger partial charge in [-0.2, -0.15) is 0 Å². The van der Waals surface area contributed by atoms with Gasteiger partial charge in [0.15, 0.2) is 0 Å². The number of imide groups is 1. The third kappa shape index (κ3) is 4.76. The third-order valence-corrected chi connectivity index (χ3v) is 7.50. The summed E-state index contributed by atoms with van der Waals surface area (Å²) < 4.78 is 13.0. The number of hydrogen-bond donors (Lipinski definition) is 1. The van der Waals surface area contributed by atoms with E-state index in [1.54, 1.807) is 24.3 Å². The number of carbonyl (C=O) groups is 3. The van der Waals surface area contributed by atoms with E-state index in [1.807, 2.05) is 17.5 Å². The highest BCUT2D eigenvalue weighted by Gasteiger charge is 2.34. The molecule has 0 unspecified atom stereocenters. The van der Waals surface area contributed by atoms with E-state index < -0.39 is 11.1 Å². The van der Waals surface area contributed by atoms with Crippen LogP contribution in [0, 0.1) is 12.7 Å². The number of thioether (sulfide) groups is 1. The maximum Gasteiger partial charge on any atom is 0.293 e. The van der Waals surface area contributed by atoms with Gasteiger partial charge in [0, 0.05) is 13.1 Å². The maximum absolute atomic E-state index is 13.0. The zero-order chi connectivity index (χ0) is 22.0. The van der Waals surface area contributed by atoms with E-state index >= 15 is 0 Å². The average molecular weight is 474 g/mol. The highest BCUT2D eigenvalue weighted by atomic mass is 32.2. The molecule has 0 bridgehead atoms. The van der Waals surface area contributed by atoms with Crippen molar-refractivity contribution in [3.63, 3.8) is 0 Å². The second-order valence-corrected chi connectivity index (χ2v) is 9.49. The Bertz CT molecular complexity index is 1170. The third-order valence-electron chi connectivity index (χ3n) is 4.40. The Hall–Kier alpha value is -2.82. The Morgan fingerprint density at radius 3 is 2.71 bits per heavy atom. The van der Waals surface area contributed by atoms with Crippen LogP contribution in [0.25, 0.3) is 16.0 Å². The number of rotatable bonds is 6. The summed E-state index contributed by atoms with van der Waals surface area (Å²) in [6, 6.07) is 9.52. The fourth-order valence-corrected chi connectivity index (χ4v) is 5.52. The number of thiazole rings is 1. The van der Waals surface area contributed by atoms with E-state index in [-0.39, 0.29) is 29.7 Å². The summed E-state index contributed by atoms with van der Waals surface area (Å²) in [4.78, 5) is 44.6. The van der Waals surface area contributed by atoms with E-state index in [9.17, 15) is 18.8 Å². The quantitative estimate of drug-likeness (QED) is 0.521. The van der Waals surface area contributed by atoms with Crippen molar-refractivity contribution in [3.8, 4) is 9.88 Å². The topological polar surface area (TPSA) is 79.4 Å². The van der Waals surface area contributed by atoms with E-state index in [0.29, 0.717) is 16.1 Å². The molecule has 0 spiro atoms. The molecule has 1 aliphatic heterocycles.